The van der Waals surface area contributed by atoms with Gasteiger partial charge in [-0.3, -0.25) is 9.59 Å². The first-order valence-corrected chi connectivity index (χ1v) is 12.5. The largest absolute Gasteiger partial charge is 0.459 e. The third kappa shape index (κ3) is 4.35. The second-order valence-electron chi connectivity index (χ2n) is 10.5. The van der Waals surface area contributed by atoms with Crippen molar-refractivity contribution in [2.45, 2.75) is 71.0 Å². The number of ether oxygens (including phenoxy) is 3. The number of carbonyl (C=O) groups is 3. The highest BCUT2D eigenvalue weighted by atomic mass is 16.6. The Balaban J connectivity index is 1.37. The van der Waals surface area contributed by atoms with E-state index in [2.05, 4.69) is 13.0 Å². The number of benzene rings is 2. The Bertz CT molecular complexity index is 1140. The predicted molar refractivity (Wildman–Crippen MR) is 129 cm³/mol. The van der Waals surface area contributed by atoms with Gasteiger partial charge in [0, 0.05) is 19.3 Å². The Hall–Kier alpha value is -3.15. The third-order valence-corrected chi connectivity index (χ3v) is 8.44. The zero-order valence-electron chi connectivity index (χ0n) is 20.5. The number of esters is 3. The van der Waals surface area contributed by atoms with Gasteiger partial charge in [-0.2, -0.15) is 0 Å². The fraction of sp³-hybridized carbons (Fsp3) is 0.483. The SMILES string of the molecule is CC(=O)OC1CC2C3CCc4cc(OC(=O)c5ccccc5)ccc4C3CCC2(C)C1OC(C)=O. The molecule has 0 spiro atoms. The van der Waals surface area contributed by atoms with Crippen LogP contribution in [0.3, 0.4) is 0 Å². The molecule has 184 valence electrons. The van der Waals surface area contributed by atoms with Crippen molar-refractivity contribution >= 4 is 17.9 Å². The van der Waals surface area contributed by atoms with Crippen LogP contribution in [-0.4, -0.2) is 30.1 Å². The highest BCUT2D eigenvalue weighted by Crippen LogP contribution is 2.62. The summed E-state index contributed by atoms with van der Waals surface area (Å²) in [6.45, 7) is 5.04. The van der Waals surface area contributed by atoms with Gasteiger partial charge in [0.05, 0.1) is 5.56 Å². The number of hydrogen-bond acceptors (Lipinski definition) is 6. The first kappa shape index (κ1) is 23.6. The van der Waals surface area contributed by atoms with Gasteiger partial charge in [0.2, 0.25) is 0 Å². The lowest BCUT2D eigenvalue weighted by Crippen LogP contribution is -2.46. The molecule has 2 saturated carbocycles. The van der Waals surface area contributed by atoms with Crippen molar-refractivity contribution in [1.82, 2.24) is 0 Å². The molecule has 3 aliphatic carbocycles. The summed E-state index contributed by atoms with van der Waals surface area (Å²) >= 11 is 0. The molecule has 0 saturated heterocycles. The van der Waals surface area contributed by atoms with Crippen LogP contribution < -0.4 is 4.74 Å². The van der Waals surface area contributed by atoms with Crippen LogP contribution in [0.15, 0.2) is 48.5 Å². The molecule has 6 heteroatoms. The van der Waals surface area contributed by atoms with Crippen LogP contribution in [0.25, 0.3) is 0 Å². The Kier molecular flexibility index (Phi) is 6.16. The van der Waals surface area contributed by atoms with E-state index in [4.69, 9.17) is 14.2 Å². The minimum Gasteiger partial charge on any atom is -0.459 e. The van der Waals surface area contributed by atoms with E-state index in [0.29, 0.717) is 29.1 Å². The summed E-state index contributed by atoms with van der Waals surface area (Å²) in [6, 6.07) is 15.0. The molecule has 35 heavy (non-hydrogen) atoms. The van der Waals surface area contributed by atoms with Crippen LogP contribution in [0.5, 0.6) is 5.75 Å². The first-order chi connectivity index (χ1) is 16.8. The standard InChI is InChI=1S/C29H32O6/c1-17(30)33-26-16-25-24-11-9-20-15-21(35-28(32)19-7-5-4-6-8-19)10-12-22(20)23(24)13-14-29(25,3)27(26)34-18(2)31/h4-8,10,12,15,23-27H,9,11,13-14,16H2,1-3H3. The third-order valence-electron chi connectivity index (χ3n) is 8.44. The van der Waals surface area contributed by atoms with Crippen LogP contribution in [0, 0.1) is 17.3 Å². The maximum absolute atomic E-state index is 12.5. The average molecular weight is 477 g/mol. The van der Waals surface area contributed by atoms with Gasteiger partial charge in [-0.1, -0.05) is 31.2 Å². The second-order valence-corrected chi connectivity index (χ2v) is 10.5. The molecular weight excluding hydrogens is 444 g/mol. The van der Waals surface area contributed by atoms with E-state index in [0.717, 1.165) is 32.1 Å². The van der Waals surface area contributed by atoms with Crippen molar-refractivity contribution in [3.05, 3.63) is 65.2 Å². The van der Waals surface area contributed by atoms with E-state index in [1.807, 2.05) is 30.3 Å². The van der Waals surface area contributed by atoms with E-state index in [1.165, 1.54) is 25.0 Å². The second kappa shape index (κ2) is 9.14. The molecule has 0 amide bonds. The van der Waals surface area contributed by atoms with Crippen LogP contribution in [0.1, 0.15) is 73.9 Å². The molecule has 2 aromatic carbocycles. The summed E-state index contributed by atoms with van der Waals surface area (Å²) in [5.41, 5.74) is 2.88. The van der Waals surface area contributed by atoms with Gasteiger partial charge in [0.25, 0.3) is 0 Å². The van der Waals surface area contributed by atoms with Crippen molar-refractivity contribution in [2.75, 3.05) is 0 Å². The van der Waals surface area contributed by atoms with Crippen LogP contribution in [-0.2, 0) is 25.5 Å². The molecule has 0 aliphatic heterocycles. The van der Waals surface area contributed by atoms with Gasteiger partial charge in [-0.15, -0.1) is 0 Å². The van der Waals surface area contributed by atoms with Gasteiger partial charge in [-0.05, 0) is 85.3 Å². The van der Waals surface area contributed by atoms with Crippen LogP contribution in [0.2, 0.25) is 0 Å². The molecule has 0 bridgehead atoms. The van der Waals surface area contributed by atoms with Gasteiger partial charge in [0.15, 0.2) is 0 Å². The van der Waals surface area contributed by atoms with Crippen molar-refractivity contribution < 1.29 is 28.6 Å². The number of carbonyl (C=O) groups excluding carboxylic acids is 3. The maximum atomic E-state index is 12.5. The van der Waals surface area contributed by atoms with Crippen molar-refractivity contribution in [3.63, 3.8) is 0 Å². The fourth-order valence-corrected chi connectivity index (χ4v) is 7.02. The number of hydrogen-bond donors (Lipinski definition) is 0. The topological polar surface area (TPSA) is 78.9 Å². The fourth-order valence-electron chi connectivity index (χ4n) is 7.02. The average Bonchev–Trinajstić information content (AvgIpc) is 3.09. The van der Waals surface area contributed by atoms with Crippen molar-refractivity contribution in [1.29, 1.82) is 0 Å². The lowest BCUT2D eigenvalue weighted by atomic mass is 9.55. The summed E-state index contributed by atoms with van der Waals surface area (Å²) in [6.07, 6.45) is 3.71. The van der Waals surface area contributed by atoms with E-state index in [1.54, 1.807) is 12.1 Å². The molecular formula is C29H32O6. The monoisotopic (exact) mass is 476 g/mol. The molecule has 2 fully saturated rings. The predicted octanol–water partition coefficient (Wildman–Crippen LogP) is 5.24. The molecule has 5 rings (SSSR count). The highest BCUT2D eigenvalue weighted by molar-refractivity contribution is 5.91. The number of rotatable bonds is 4. The minimum atomic E-state index is -0.406. The van der Waals surface area contributed by atoms with E-state index in [9.17, 15) is 14.4 Å². The van der Waals surface area contributed by atoms with Crippen molar-refractivity contribution in [2.24, 2.45) is 17.3 Å². The molecule has 0 aromatic heterocycles. The Morgan fingerprint density at radius 3 is 2.40 bits per heavy atom. The zero-order valence-corrected chi connectivity index (χ0v) is 20.5. The maximum Gasteiger partial charge on any atom is 0.343 e. The summed E-state index contributed by atoms with van der Waals surface area (Å²) in [4.78, 5) is 36.2. The Labute approximate surface area is 206 Å². The van der Waals surface area contributed by atoms with Gasteiger partial charge < -0.3 is 14.2 Å². The molecule has 0 radical (unpaired) electrons. The Morgan fingerprint density at radius 2 is 1.69 bits per heavy atom. The van der Waals surface area contributed by atoms with E-state index in [-0.39, 0.29) is 23.3 Å². The highest BCUT2D eigenvalue weighted by Gasteiger charge is 2.61. The minimum absolute atomic E-state index is 0.213. The van der Waals surface area contributed by atoms with Gasteiger partial charge in [0.1, 0.15) is 18.0 Å². The zero-order chi connectivity index (χ0) is 24.7. The van der Waals surface area contributed by atoms with E-state index >= 15 is 0 Å². The van der Waals surface area contributed by atoms with Gasteiger partial charge in [-0.25, -0.2) is 4.79 Å². The summed E-state index contributed by atoms with van der Waals surface area (Å²) < 4.78 is 17.1. The first-order valence-electron chi connectivity index (χ1n) is 12.5. The Morgan fingerprint density at radius 1 is 0.943 bits per heavy atom. The number of fused-ring (bicyclic) bond motifs is 5. The summed E-state index contributed by atoms with van der Waals surface area (Å²) in [7, 11) is 0. The smallest absolute Gasteiger partial charge is 0.343 e. The van der Waals surface area contributed by atoms with Crippen LogP contribution in [0.4, 0.5) is 0 Å². The molecule has 3 aliphatic rings. The normalized spacial score (nSPS) is 30.9. The lowest BCUT2D eigenvalue weighted by Gasteiger charge is -2.50. The molecule has 0 N–H and O–H groups in total. The molecule has 6 atom stereocenters. The van der Waals surface area contributed by atoms with Gasteiger partial charge >= 0.3 is 17.9 Å². The number of aryl methyl sites for hydroxylation is 1. The quantitative estimate of drug-likeness (QED) is 0.444. The summed E-state index contributed by atoms with van der Waals surface area (Å²) in [5, 5.41) is 0. The molecule has 2 aromatic rings. The molecule has 6 nitrogen and oxygen atoms in total. The lowest BCUT2D eigenvalue weighted by molar-refractivity contribution is -0.171. The summed E-state index contributed by atoms with van der Waals surface area (Å²) in [5.74, 6) is 0.676. The van der Waals surface area contributed by atoms with Crippen LogP contribution >= 0.6 is 0 Å². The molecule has 0 heterocycles. The van der Waals surface area contributed by atoms with Crippen molar-refractivity contribution in [3.8, 4) is 5.75 Å². The van der Waals surface area contributed by atoms with E-state index < -0.39 is 12.2 Å². The molecule has 6 unspecified atom stereocenters.